The van der Waals surface area contributed by atoms with Gasteiger partial charge in [0.2, 0.25) is 0 Å². The van der Waals surface area contributed by atoms with Gasteiger partial charge in [0.1, 0.15) is 0 Å². The van der Waals surface area contributed by atoms with E-state index < -0.39 is 5.41 Å². The normalized spacial score (nSPS) is 17.0. The van der Waals surface area contributed by atoms with Crippen molar-refractivity contribution in [3.63, 3.8) is 0 Å². The highest BCUT2D eigenvalue weighted by Crippen LogP contribution is 2.59. The van der Waals surface area contributed by atoms with Gasteiger partial charge in [0.05, 0.1) is 5.41 Å². The highest BCUT2D eigenvalue weighted by molar-refractivity contribution is 5.94. The van der Waals surface area contributed by atoms with Crippen molar-refractivity contribution in [3.8, 4) is 22.3 Å². The largest absolute Gasteiger partial charge is 0.0988 e. The molecule has 2 atom stereocenters. The third-order valence-electron chi connectivity index (χ3n) is 16.3. The van der Waals surface area contributed by atoms with Crippen LogP contribution in [0, 0.1) is 12.8 Å². The highest BCUT2D eigenvalue weighted by atomic mass is 14.5. The molecule has 0 spiro atoms. The maximum absolute atomic E-state index is 4.42. The molecule has 0 saturated heterocycles. The van der Waals surface area contributed by atoms with Gasteiger partial charge >= 0.3 is 0 Å². The fraction of sp³-hybridized carbons (Fsp3) is 0.237. The van der Waals surface area contributed by atoms with Gasteiger partial charge in [0.15, 0.2) is 0 Å². The molecule has 0 saturated carbocycles. The average Bonchev–Trinajstić information content (AvgIpc) is 4.16. The van der Waals surface area contributed by atoms with Gasteiger partial charge in [-0.1, -0.05) is 265 Å². The lowest BCUT2D eigenvalue weighted by atomic mass is 9.66. The lowest BCUT2D eigenvalue weighted by Crippen LogP contribution is -2.29. The third kappa shape index (κ3) is 10.3. The lowest BCUT2D eigenvalue weighted by Gasteiger charge is -2.35. The first-order valence-corrected chi connectivity index (χ1v) is 28.1. The summed E-state index contributed by atoms with van der Waals surface area (Å²) in [4.78, 5) is 0. The van der Waals surface area contributed by atoms with E-state index in [9.17, 15) is 0 Å². The molecular formula is C76H80. The van der Waals surface area contributed by atoms with E-state index in [-0.39, 0.29) is 0 Å². The van der Waals surface area contributed by atoms with Gasteiger partial charge in [-0.3, -0.25) is 0 Å². The standard InChI is InChI=1S/C44H38.C22H24.C8H12.C2H6/c1-4-33-30(27-40-37-22-14-12-20-35(37)36-21-13-15-23-38(36)40)28-42-43(34(33)5-2)39-25-24-29(3)26-41(39)44(42,31-16-8-6-9-17-31)32-18-10-7-11-19-32;1-5-9-17(6-2)15(3)18-12-13-21-20-11-8-7-10-19(20)16(4)22(21)14-18;1-4-6-7-8(3)5-2;1-2/h4-11,14-19,22-26,28,40H,1-2,12-13,20-21,27H2,3H3;5-16H,1-4H3;4-7H,2H2,1,3H3;1-2H3/b;9-5-,17-6+;6-4-,8-7-;. The number of hydrogen-bond donors (Lipinski definition) is 0. The molecule has 0 fully saturated rings. The van der Waals surface area contributed by atoms with Crippen molar-refractivity contribution in [1.82, 2.24) is 0 Å². The minimum atomic E-state index is -0.439. The topological polar surface area (TPSA) is 0 Å². The van der Waals surface area contributed by atoms with Crippen LogP contribution in [0.2, 0.25) is 0 Å². The summed E-state index contributed by atoms with van der Waals surface area (Å²) in [7, 11) is 0. The summed E-state index contributed by atoms with van der Waals surface area (Å²) in [6, 6.07) is 47.6. The van der Waals surface area contributed by atoms with E-state index in [1.165, 1.54) is 107 Å². The van der Waals surface area contributed by atoms with Crippen LogP contribution in [0.25, 0.3) is 34.4 Å². The molecule has 0 N–H and O–H groups in total. The highest BCUT2D eigenvalue weighted by Gasteiger charge is 2.48. The molecule has 2 unspecified atom stereocenters. The Morgan fingerprint density at radius 3 is 1.83 bits per heavy atom. The van der Waals surface area contributed by atoms with Gasteiger partial charge in [-0.25, -0.2) is 0 Å². The molecule has 5 aliphatic rings. The van der Waals surface area contributed by atoms with Gasteiger partial charge in [0.25, 0.3) is 0 Å². The second-order valence-electron chi connectivity index (χ2n) is 20.5. The van der Waals surface area contributed by atoms with Crippen LogP contribution in [-0.4, -0.2) is 0 Å². The molecule has 0 bridgehead atoms. The SMILES string of the molecule is C/C=C\C(=C/C)C(C)c1ccc2c(c1)C(C)c1ccccc1-2.C=C/C(C)=C\C=C/C.C=Cc1c(CC2C3=C(CCC=C3)C3=C2C=CCC3)cc2c(c1C=C)-c1ccc(C)cc1C2(c1ccccc1)c1ccccc1.CC. The smallest absolute Gasteiger partial charge is 0.0713 e. The van der Waals surface area contributed by atoms with Crippen LogP contribution >= 0.6 is 0 Å². The second-order valence-corrected chi connectivity index (χ2v) is 20.5. The summed E-state index contributed by atoms with van der Waals surface area (Å²) in [5.41, 5.74) is 28.6. The predicted octanol–water partition coefficient (Wildman–Crippen LogP) is 21.3. The first-order chi connectivity index (χ1) is 37.1. The van der Waals surface area contributed by atoms with E-state index in [0.29, 0.717) is 17.8 Å². The van der Waals surface area contributed by atoms with Gasteiger partial charge in [0, 0.05) is 17.8 Å². The van der Waals surface area contributed by atoms with Crippen molar-refractivity contribution in [2.75, 3.05) is 0 Å². The van der Waals surface area contributed by atoms with Crippen LogP contribution in [0.5, 0.6) is 0 Å². The Morgan fingerprint density at radius 2 is 1.25 bits per heavy atom. The molecular weight excluding hydrogens is 913 g/mol. The number of fused-ring (bicyclic) bond motifs is 7. The van der Waals surface area contributed by atoms with Gasteiger partial charge in [-0.05, 0) is 172 Å². The molecule has 0 aliphatic heterocycles. The van der Waals surface area contributed by atoms with E-state index in [2.05, 4.69) is 236 Å². The molecule has 0 heterocycles. The molecule has 5 aliphatic carbocycles. The van der Waals surface area contributed by atoms with Crippen LogP contribution in [0.1, 0.15) is 154 Å². The van der Waals surface area contributed by atoms with Crippen molar-refractivity contribution in [1.29, 1.82) is 0 Å². The van der Waals surface area contributed by atoms with Crippen LogP contribution in [0.15, 0.2) is 247 Å². The van der Waals surface area contributed by atoms with E-state index in [1.807, 2.05) is 52.0 Å². The molecule has 76 heavy (non-hydrogen) atoms. The summed E-state index contributed by atoms with van der Waals surface area (Å²) < 4.78 is 0. The number of rotatable bonds is 11. The van der Waals surface area contributed by atoms with Crippen LogP contribution in [-0.2, 0) is 11.8 Å². The van der Waals surface area contributed by atoms with Crippen molar-refractivity contribution in [2.24, 2.45) is 5.92 Å². The summed E-state index contributed by atoms with van der Waals surface area (Å²) in [6.45, 7) is 31.5. The Bertz CT molecular complexity index is 3280. The zero-order valence-corrected chi connectivity index (χ0v) is 47.0. The number of aryl methyl sites for hydroxylation is 1. The zero-order chi connectivity index (χ0) is 53.9. The van der Waals surface area contributed by atoms with Crippen molar-refractivity contribution in [2.45, 2.75) is 112 Å². The van der Waals surface area contributed by atoms with Gasteiger partial charge in [-0.2, -0.15) is 0 Å². The molecule has 6 aromatic rings. The molecule has 384 valence electrons. The fourth-order valence-corrected chi connectivity index (χ4v) is 12.7. The van der Waals surface area contributed by atoms with E-state index in [0.717, 1.165) is 19.3 Å². The van der Waals surface area contributed by atoms with Crippen molar-refractivity contribution >= 4 is 12.2 Å². The third-order valence-corrected chi connectivity index (χ3v) is 16.3. The Kier molecular flexibility index (Phi) is 17.9. The summed E-state index contributed by atoms with van der Waals surface area (Å²) >= 11 is 0. The Labute approximate surface area is 458 Å². The quantitative estimate of drug-likeness (QED) is 0.113. The molecule has 0 aromatic heterocycles. The van der Waals surface area contributed by atoms with E-state index in [1.54, 1.807) is 22.3 Å². The second kappa shape index (κ2) is 24.9. The number of hydrogen-bond acceptors (Lipinski definition) is 0. The summed E-state index contributed by atoms with van der Waals surface area (Å²) in [6.07, 6.45) is 33.8. The van der Waals surface area contributed by atoms with Gasteiger partial charge in [-0.15, -0.1) is 0 Å². The van der Waals surface area contributed by atoms with Crippen LogP contribution in [0.4, 0.5) is 0 Å². The first-order valence-electron chi connectivity index (χ1n) is 28.1. The predicted molar refractivity (Wildman–Crippen MR) is 333 cm³/mol. The molecule has 0 nitrogen and oxygen atoms in total. The van der Waals surface area contributed by atoms with Crippen LogP contribution in [0.3, 0.4) is 0 Å². The molecule has 0 heteroatoms. The lowest BCUT2D eigenvalue weighted by molar-refractivity contribution is 0.728. The molecule has 0 radical (unpaired) electrons. The zero-order valence-electron chi connectivity index (χ0n) is 47.0. The van der Waals surface area contributed by atoms with Gasteiger partial charge < -0.3 is 0 Å². The minimum absolute atomic E-state index is 0.372. The Balaban J connectivity index is 0.000000199. The average molecular weight is 993 g/mol. The van der Waals surface area contributed by atoms with Crippen molar-refractivity contribution < 1.29 is 0 Å². The first kappa shape index (κ1) is 54.7. The van der Waals surface area contributed by atoms with E-state index in [4.69, 9.17) is 0 Å². The monoisotopic (exact) mass is 993 g/mol. The Morgan fingerprint density at radius 1 is 0.658 bits per heavy atom. The maximum atomic E-state index is 4.42. The molecule has 6 aromatic carbocycles. The summed E-state index contributed by atoms with van der Waals surface area (Å²) in [5.74, 6) is 1.30. The van der Waals surface area contributed by atoms with Crippen molar-refractivity contribution in [3.05, 3.63) is 309 Å². The number of allylic oxidation sites excluding steroid dienone is 17. The van der Waals surface area contributed by atoms with E-state index >= 15 is 0 Å². The number of benzene rings is 6. The Hall–Kier alpha value is -7.54. The summed E-state index contributed by atoms with van der Waals surface area (Å²) in [5, 5.41) is 0. The fourth-order valence-electron chi connectivity index (χ4n) is 12.7. The molecule has 0 amide bonds. The van der Waals surface area contributed by atoms with Crippen LogP contribution < -0.4 is 0 Å². The minimum Gasteiger partial charge on any atom is -0.0988 e. The molecule has 11 rings (SSSR count). The maximum Gasteiger partial charge on any atom is 0.0713 e.